The molecule has 2 N–H and O–H groups in total. The molecule has 2 aromatic heterocycles. The van der Waals surface area contributed by atoms with Crippen molar-refractivity contribution in [3.63, 3.8) is 0 Å². The Hall–Kier alpha value is -2.05. The second-order valence-corrected chi connectivity index (χ2v) is 5.45. The van der Waals surface area contributed by atoms with Crippen LogP contribution in [-0.4, -0.2) is 15.1 Å². The van der Waals surface area contributed by atoms with E-state index in [1.54, 1.807) is 30.3 Å². The van der Waals surface area contributed by atoms with Crippen LogP contribution in [-0.2, 0) is 0 Å². The summed E-state index contributed by atoms with van der Waals surface area (Å²) >= 11 is 9.32. The average molecular weight is 368 g/mol. The lowest BCUT2D eigenvalue weighted by Crippen LogP contribution is -2.12. The number of furan rings is 1. The highest BCUT2D eigenvalue weighted by atomic mass is 79.9. The van der Waals surface area contributed by atoms with Crippen molar-refractivity contribution in [1.29, 1.82) is 0 Å². The third-order valence-corrected chi connectivity index (χ3v) is 3.83. The van der Waals surface area contributed by atoms with Gasteiger partial charge in [-0.25, -0.2) is 0 Å². The predicted octanol–water partition coefficient (Wildman–Crippen LogP) is 3.82. The van der Waals surface area contributed by atoms with E-state index in [4.69, 9.17) is 16.0 Å². The molecular formula is C14H8BrClN2O3. The molecule has 0 fully saturated rings. The zero-order valence-electron chi connectivity index (χ0n) is 10.4. The van der Waals surface area contributed by atoms with Crippen molar-refractivity contribution < 1.29 is 9.52 Å². The van der Waals surface area contributed by atoms with Crippen LogP contribution in [0.5, 0.6) is 5.88 Å². The van der Waals surface area contributed by atoms with Crippen LogP contribution in [0.4, 0.5) is 0 Å². The fourth-order valence-corrected chi connectivity index (χ4v) is 2.56. The maximum Gasteiger partial charge on any atom is 0.263 e. The van der Waals surface area contributed by atoms with Gasteiger partial charge in [0.15, 0.2) is 11.6 Å². The van der Waals surface area contributed by atoms with E-state index in [1.165, 1.54) is 6.26 Å². The third-order valence-electron chi connectivity index (χ3n) is 2.88. The largest absolute Gasteiger partial charge is 0.493 e. The molecule has 5 nitrogen and oxygen atoms in total. The summed E-state index contributed by atoms with van der Waals surface area (Å²) in [6.45, 7) is 0. The third kappa shape index (κ3) is 2.48. The van der Waals surface area contributed by atoms with E-state index in [9.17, 15) is 9.90 Å². The van der Waals surface area contributed by atoms with Gasteiger partial charge in [0.1, 0.15) is 5.56 Å². The molecule has 0 radical (unpaired) electrons. The molecule has 0 saturated carbocycles. The number of nitrogens with one attached hydrogen (secondary N) is 1. The summed E-state index contributed by atoms with van der Waals surface area (Å²) in [5.74, 6) is 0.0448. The molecule has 0 aliphatic heterocycles. The zero-order chi connectivity index (χ0) is 15.0. The van der Waals surface area contributed by atoms with Crippen molar-refractivity contribution in [2.24, 2.45) is 0 Å². The van der Waals surface area contributed by atoms with Crippen LogP contribution in [0, 0.1) is 0 Å². The molecule has 0 amide bonds. The number of H-pyrrole nitrogens is 1. The van der Waals surface area contributed by atoms with Gasteiger partial charge in [0.2, 0.25) is 5.88 Å². The van der Waals surface area contributed by atoms with Crippen LogP contribution in [0.15, 0.2) is 50.3 Å². The summed E-state index contributed by atoms with van der Waals surface area (Å²) < 4.78 is 5.83. The molecule has 7 heteroatoms. The topological polar surface area (TPSA) is 79.1 Å². The van der Waals surface area contributed by atoms with E-state index in [2.05, 4.69) is 25.9 Å². The summed E-state index contributed by atoms with van der Waals surface area (Å²) in [7, 11) is 0. The van der Waals surface area contributed by atoms with Crippen molar-refractivity contribution in [3.05, 3.63) is 56.4 Å². The van der Waals surface area contributed by atoms with Gasteiger partial charge in [-0.2, -0.15) is 4.98 Å². The monoisotopic (exact) mass is 366 g/mol. The molecule has 0 aliphatic rings. The average Bonchev–Trinajstić information content (AvgIpc) is 2.86. The van der Waals surface area contributed by atoms with Gasteiger partial charge in [0, 0.05) is 10.6 Å². The highest BCUT2D eigenvalue weighted by Gasteiger charge is 2.18. The standard InChI is InChI=1S/C14H8BrClN2O3/c15-8-5-6-21-11(8)12-17-13(19)10(14(20)18-12)7-3-1-2-4-9(7)16/h1-6H,(H2,17,18,19,20). The summed E-state index contributed by atoms with van der Waals surface area (Å²) in [6.07, 6.45) is 1.44. The number of aromatic amines is 1. The maximum absolute atomic E-state index is 12.2. The first-order valence-corrected chi connectivity index (χ1v) is 7.06. The van der Waals surface area contributed by atoms with Crippen LogP contribution in [0.1, 0.15) is 0 Å². The number of benzene rings is 1. The molecule has 1 aromatic carbocycles. The van der Waals surface area contributed by atoms with Gasteiger partial charge in [-0.15, -0.1) is 0 Å². The Morgan fingerprint density at radius 1 is 1.29 bits per heavy atom. The second-order valence-electron chi connectivity index (χ2n) is 4.19. The quantitative estimate of drug-likeness (QED) is 0.722. The first kappa shape index (κ1) is 13.9. The Morgan fingerprint density at radius 3 is 2.67 bits per heavy atom. The van der Waals surface area contributed by atoms with Crippen LogP contribution in [0.2, 0.25) is 5.02 Å². The SMILES string of the molecule is O=c1[nH]c(-c2occc2Br)nc(O)c1-c1ccccc1Cl. The molecular weight excluding hydrogens is 360 g/mol. The van der Waals surface area contributed by atoms with Gasteiger partial charge >= 0.3 is 0 Å². The molecule has 0 saturated heterocycles. The summed E-state index contributed by atoms with van der Waals surface area (Å²) in [5, 5.41) is 10.4. The minimum atomic E-state index is -0.506. The number of aromatic nitrogens is 2. The van der Waals surface area contributed by atoms with Gasteiger partial charge in [-0.05, 0) is 28.1 Å². The molecule has 0 atom stereocenters. The van der Waals surface area contributed by atoms with E-state index >= 15 is 0 Å². The predicted molar refractivity (Wildman–Crippen MR) is 82.4 cm³/mol. The highest BCUT2D eigenvalue weighted by molar-refractivity contribution is 9.10. The van der Waals surface area contributed by atoms with E-state index in [0.29, 0.717) is 20.8 Å². The van der Waals surface area contributed by atoms with Gasteiger partial charge in [0.25, 0.3) is 5.56 Å². The van der Waals surface area contributed by atoms with E-state index in [-0.39, 0.29) is 11.4 Å². The smallest absolute Gasteiger partial charge is 0.263 e. The molecule has 0 unspecified atom stereocenters. The Labute approximate surface area is 132 Å². The van der Waals surface area contributed by atoms with Gasteiger partial charge < -0.3 is 14.5 Å². The molecule has 2 heterocycles. The number of hydrogen-bond donors (Lipinski definition) is 2. The van der Waals surface area contributed by atoms with Crippen LogP contribution < -0.4 is 5.56 Å². The molecule has 0 spiro atoms. The molecule has 0 aliphatic carbocycles. The number of halogens is 2. The number of nitrogens with zero attached hydrogens (tertiary/aromatic N) is 1. The molecule has 0 bridgehead atoms. The minimum absolute atomic E-state index is 0.0204. The van der Waals surface area contributed by atoms with E-state index < -0.39 is 11.4 Å². The fraction of sp³-hybridized carbons (Fsp3) is 0. The van der Waals surface area contributed by atoms with Crippen molar-refractivity contribution in [3.8, 4) is 28.6 Å². The lowest BCUT2D eigenvalue weighted by Gasteiger charge is -2.06. The Bertz CT molecular complexity index is 873. The van der Waals surface area contributed by atoms with Crippen LogP contribution in [0.3, 0.4) is 0 Å². The van der Waals surface area contributed by atoms with Crippen molar-refractivity contribution in [1.82, 2.24) is 9.97 Å². The van der Waals surface area contributed by atoms with E-state index in [0.717, 1.165) is 0 Å². The van der Waals surface area contributed by atoms with Crippen LogP contribution >= 0.6 is 27.5 Å². The lowest BCUT2D eigenvalue weighted by molar-refractivity contribution is 0.452. The minimum Gasteiger partial charge on any atom is -0.493 e. The molecule has 21 heavy (non-hydrogen) atoms. The summed E-state index contributed by atoms with van der Waals surface area (Å²) in [6, 6.07) is 8.38. The molecule has 3 rings (SSSR count). The van der Waals surface area contributed by atoms with Gasteiger partial charge in [-0.3, -0.25) is 4.79 Å². The molecule has 106 valence electrons. The van der Waals surface area contributed by atoms with Gasteiger partial charge in [0.05, 0.1) is 10.7 Å². The van der Waals surface area contributed by atoms with E-state index in [1.807, 2.05) is 0 Å². The Kier molecular flexibility index (Phi) is 3.57. The van der Waals surface area contributed by atoms with Crippen LogP contribution in [0.25, 0.3) is 22.7 Å². The highest BCUT2D eigenvalue weighted by Crippen LogP contribution is 2.32. The van der Waals surface area contributed by atoms with Crippen molar-refractivity contribution in [2.45, 2.75) is 0 Å². The Morgan fingerprint density at radius 2 is 2.05 bits per heavy atom. The van der Waals surface area contributed by atoms with Crippen molar-refractivity contribution >= 4 is 27.5 Å². The fourth-order valence-electron chi connectivity index (χ4n) is 1.94. The summed E-state index contributed by atoms with van der Waals surface area (Å²) in [5.41, 5.74) is -0.0728. The number of rotatable bonds is 2. The van der Waals surface area contributed by atoms with Gasteiger partial charge in [-0.1, -0.05) is 29.8 Å². The molecule has 3 aromatic rings. The first-order chi connectivity index (χ1) is 10.1. The lowest BCUT2D eigenvalue weighted by atomic mass is 10.1. The summed E-state index contributed by atoms with van der Waals surface area (Å²) in [4.78, 5) is 18.8. The number of hydrogen-bond acceptors (Lipinski definition) is 4. The van der Waals surface area contributed by atoms with Crippen molar-refractivity contribution in [2.75, 3.05) is 0 Å². The first-order valence-electron chi connectivity index (χ1n) is 5.89. The number of aromatic hydroxyl groups is 1. The maximum atomic E-state index is 12.2. The second kappa shape index (κ2) is 5.38. The zero-order valence-corrected chi connectivity index (χ0v) is 12.8. The Balaban J connectivity index is 2.21. The normalized spacial score (nSPS) is 10.8.